The van der Waals surface area contributed by atoms with Gasteiger partial charge >= 0.3 is 6.03 Å². The molecule has 0 saturated carbocycles. The van der Waals surface area contributed by atoms with Crippen molar-refractivity contribution in [3.63, 3.8) is 0 Å². The molecule has 5 heteroatoms. The lowest BCUT2D eigenvalue weighted by Crippen LogP contribution is -2.39. The van der Waals surface area contributed by atoms with Gasteiger partial charge in [0.1, 0.15) is 0 Å². The van der Waals surface area contributed by atoms with Crippen molar-refractivity contribution in [1.82, 2.24) is 9.80 Å². The van der Waals surface area contributed by atoms with Gasteiger partial charge in [-0.25, -0.2) is 4.79 Å². The molecule has 5 nitrogen and oxygen atoms in total. The van der Waals surface area contributed by atoms with Crippen LogP contribution in [0.2, 0.25) is 0 Å². The van der Waals surface area contributed by atoms with Crippen LogP contribution in [0.5, 0.6) is 0 Å². The molecule has 2 aromatic carbocycles. The van der Waals surface area contributed by atoms with Gasteiger partial charge in [0.2, 0.25) is 0 Å². The Bertz CT molecular complexity index is 916. The summed E-state index contributed by atoms with van der Waals surface area (Å²) in [6.07, 6.45) is 2.96. The number of hydrogen-bond donors (Lipinski definition) is 1. The molecule has 2 aromatic rings. The van der Waals surface area contributed by atoms with Crippen molar-refractivity contribution in [1.29, 1.82) is 0 Å². The zero-order chi connectivity index (χ0) is 19.7. The molecule has 0 aromatic heterocycles. The van der Waals surface area contributed by atoms with Crippen LogP contribution in [0.1, 0.15) is 45.5 Å². The summed E-state index contributed by atoms with van der Waals surface area (Å²) in [6.45, 7) is 6.93. The number of amides is 3. The van der Waals surface area contributed by atoms with E-state index in [1.165, 1.54) is 16.7 Å². The Kier molecular flexibility index (Phi) is 5.07. The zero-order valence-electron chi connectivity index (χ0n) is 16.6. The fourth-order valence-electron chi connectivity index (χ4n) is 4.30. The summed E-state index contributed by atoms with van der Waals surface area (Å²) in [6, 6.07) is 11.8. The first-order valence-corrected chi connectivity index (χ1v) is 10.1. The summed E-state index contributed by atoms with van der Waals surface area (Å²) >= 11 is 0. The summed E-state index contributed by atoms with van der Waals surface area (Å²) < 4.78 is 0. The number of rotatable bonds is 2. The Morgan fingerprint density at radius 2 is 1.61 bits per heavy atom. The monoisotopic (exact) mass is 377 g/mol. The van der Waals surface area contributed by atoms with Crippen LogP contribution in [0, 0.1) is 13.8 Å². The number of hydrogen-bond acceptors (Lipinski definition) is 2. The van der Waals surface area contributed by atoms with E-state index in [2.05, 4.69) is 24.4 Å². The molecule has 0 unspecified atom stereocenters. The second kappa shape index (κ2) is 7.66. The first-order chi connectivity index (χ1) is 13.5. The highest BCUT2D eigenvalue weighted by Crippen LogP contribution is 2.26. The molecule has 2 heterocycles. The average Bonchev–Trinajstić information content (AvgIpc) is 3.22. The number of benzene rings is 2. The maximum Gasteiger partial charge on any atom is 0.322 e. The molecule has 3 amide bonds. The van der Waals surface area contributed by atoms with E-state index < -0.39 is 0 Å². The Labute approximate surface area is 166 Å². The number of nitrogens with one attached hydrogen (secondary N) is 1. The molecule has 1 fully saturated rings. The van der Waals surface area contributed by atoms with E-state index in [9.17, 15) is 9.59 Å². The smallest absolute Gasteiger partial charge is 0.322 e. The van der Waals surface area contributed by atoms with Crippen LogP contribution in [0.25, 0.3) is 0 Å². The quantitative estimate of drug-likeness (QED) is 0.856. The Morgan fingerprint density at radius 1 is 0.893 bits per heavy atom. The normalized spacial score (nSPS) is 16.1. The van der Waals surface area contributed by atoms with Crippen LogP contribution >= 0.6 is 0 Å². The lowest BCUT2D eigenvalue weighted by atomic mass is 9.95. The molecule has 1 N–H and O–H groups in total. The molecule has 0 atom stereocenters. The van der Waals surface area contributed by atoms with Crippen molar-refractivity contribution in [3.05, 3.63) is 64.2 Å². The molecule has 0 bridgehead atoms. The van der Waals surface area contributed by atoms with Gasteiger partial charge in [0.25, 0.3) is 5.91 Å². The second-order valence-electron chi connectivity index (χ2n) is 7.81. The molecule has 2 aliphatic heterocycles. The molecule has 0 radical (unpaired) electrons. The second-order valence-corrected chi connectivity index (χ2v) is 7.81. The van der Waals surface area contributed by atoms with Crippen LogP contribution < -0.4 is 5.32 Å². The van der Waals surface area contributed by atoms with E-state index >= 15 is 0 Å². The number of aryl methyl sites for hydroxylation is 2. The Morgan fingerprint density at radius 3 is 2.39 bits per heavy atom. The molecule has 146 valence electrons. The molecule has 0 spiro atoms. The maximum atomic E-state index is 13.0. The van der Waals surface area contributed by atoms with Gasteiger partial charge in [-0.05, 0) is 61.4 Å². The number of carbonyl (C=O) groups excluding carboxylic acids is 2. The highest BCUT2D eigenvalue weighted by molar-refractivity contribution is 6.04. The SMILES string of the molecule is Cc1cccc2c1CCN(C(=O)Nc1cccc(C)c1C(=O)N1CCCC1)C2. The summed E-state index contributed by atoms with van der Waals surface area (Å²) in [7, 11) is 0. The van der Waals surface area contributed by atoms with Gasteiger partial charge in [-0.2, -0.15) is 0 Å². The molecule has 28 heavy (non-hydrogen) atoms. The molecular weight excluding hydrogens is 350 g/mol. The largest absolute Gasteiger partial charge is 0.339 e. The van der Waals surface area contributed by atoms with Crippen LogP contribution in [0.3, 0.4) is 0 Å². The van der Waals surface area contributed by atoms with Crippen molar-refractivity contribution in [2.75, 3.05) is 25.0 Å². The number of urea groups is 1. The molecule has 2 aliphatic rings. The van der Waals surface area contributed by atoms with E-state index in [0.29, 0.717) is 24.3 Å². The third-order valence-electron chi connectivity index (χ3n) is 5.91. The molecule has 4 rings (SSSR count). The predicted molar refractivity (Wildman–Crippen MR) is 111 cm³/mol. The number of fused-ring (bicyclic) bond motifs is 1. The standard InChI is InChI=1S/C23H27N3O2/c1-16-7-5-9-18-15-26(14-11-19(16)18)23(28)24-20-10-6-8-17(2)21(20)22(27)25-12-3-4-13-25/h5-10H,3-4,11-15H2,1-2H3,(H,24,28). The van der Waals surface area contributed by atoms with Crippen molar-refractivity contribution in [3.8, 4) is 0 Å². The van der Waals surface area contributed by atoms with Crippen molar-refractivity contribution in [2.24, 2.45) is 0 Å². The fourth-order valence-corrected chi connectivity index (χ4v) is 4.30. The van der Waals surface area contributed by atoms with Gasteiger partial charge in [-0.15, -0.1) is 0 Å². The average molecular weight is 377 g/mol. The van der Waals surface area contributed by atoms with Gasteiger partial charge in [-0.3, -0.25) is 4.79 Å². The molecular formula is C23H27N3O2. The van der Waals surface area contributed by atoms with Crippen molar-refractivity contribution >= 4 is 17.6 Å². The summed E-state index contributed by atoms with van der Waals surface area (Å²) in [4.78, 5) is 29.7. The van der Waals surface area contributed by atoms with Crippen LogP contribution in [0.4, 0.5) is 10.5 Å². The van der Waals surface area contributed by atoms with E-state index in [1.807, 2.05) is 41.0 Å². The van der Waals surface area contributed by atoms with Crippen LogP contribution in [-0.2, 0) is 13.0 Å². The zero-order valence-corrected chi connectivity index (χ0v) is 16.6. The maximum absolute atomic E-state index is 13.0. The minimum Gasteiger partial charge on any atom is -0.339 e. The lowest BCUT2D eigenvalue weighted by Gasteiger charge is -2.30. The third-order valence-corrected chi connectivity index (χ3v) is 5.91. The predicted octanol–water partition coefficient (Wildman–Crippen LogP) is 4.13. The summed E-state index contributed by atoms with van der Waals surface area (Å²) in [5, 5.41) is 3.01. The van der Waals surface area contributed by atoms with Crippen molar-refractivity contribution < 1.29 is 9.59 Å². The number of likely N-dealkylation sites (tertiary alicyclic amines) is 1. The first-order valence-electron chi connectivity index (χ1n) is 10.1. The third kappa shape index (κ3) is 3.49. The highest BCUT2D eigenvalue weighted by Gasteiger charge is 2.26. The Hall–Kier alpha value is -2.82. The summed E-state index contributed by atoms with van der Waals surface area (Å²) in [5.74, 6) is 0.0190. The number of nitrogens with zero attached hydrogens (tertiary/aromatic N) is 2. The van der Waals surface area contributed by atoms with Gasteiger partial charge in [0, 0.05) is 26.2 Å². The van der Waals surface area contributed by atoms with E-state index in [4.69, 9.17) is 0 Å². The molecule has 1 saturated heterocycles. The van der Waals surface area contributed by atoms with Crippen molar-refractivity contribution in [2.45, 2.75) is 39.7 Å². The summed E-state index contributed by atoms with van der Waals surface area (Å²) in [5.41, 5.74) is 5.97. The van der Waals surface area contributed by atoms with E-state index in [1.54, 1.807) is 0 Å². The van der Waals surface area contributed by atoms with Gasteiger partial charge in [-0.1, -0.05) is 30.3 Å². The lowest BCUT2D eigenvalue weighted by molar-refractivity contribution is 0.0793. The van der Waals surface area contributed by atoms with Gasteiger partial charge < -0.3 is 15.1 Å². The van der Waals surface area contributed by atoms with E-state index in [0.717, 1.165) is 37.9 Å². The van der Waals surface area contributed by atoms with Crippen LogP contribution in [0.15, 0.2) is 36.4 Å². The molecule has 0 aliphatic carbocycles. The first kappa shape index (κ1) is 18.5. The Balaban J connectivity index is 1.54. The minimum atomic E-state index is -0.145. The van der Waals surface area contributed by atoms with Gasteiger partial charge in [0.05, 0.1) is 11.3 Å². The van der Waals surface area contributed by atoms with Gasteiger partial charge in [0.15, 0.2) is 0 Å². The fraction of sp³-hybridized carbons (Fsp3) is 0.391. The van der Waals surface area contributed by atoms with Crippen LogP contribution in [-0.4, -0.2) is 41.4 Å². The highest BCUT2D eigenvalue weighted by atomic mass is 16.2. The van der Waals surface area contributed by atoms with E-state index in [-0.39, 0.29) is 11.9 Å². The number of anilines is 1. The topological polar surface area (TPSA) is 52.7 Å². The minimum absolute atomic E-state index is 0.0190. The number of carbonyl (C=O) groups is 2.